The van der Waals surface area contributed by atoms with E-state index in [0.717, 1.165) is 0 Å². The number of pyridine rings is 1. The van der Waals surface area contributed by atoms with Crippen molar-refractivity contribution in [1.29, 1.82) is 0 Å². The van der Waals surface area contributed by atoms with E-state index >= 15 is 0 Å². The van der Waals surface area contributed by atoms with Crippen LogP contribution in [0.2, 0.25) is 0 Å². The maximum Gasteiger partial charge on any atom is 0.335 e. The van der Waals surface area contributed by atoms with Gasteiger partial charge in [-0.1, -0.05) is 0 Å². The van der Waals surface area contributed by atoms with Gasteiger partial charge in [-0.15, -0.1) is 0 Å². The topological polar surface area (TPSA) is 77.9 Å². The fourth-order valence-corrected chi connectivity index (χ4v) is 1.71. The summed E-state index contributed by atoms with van der Waals surface area (Å²) >= 11 is 0. The Morgan fingerprint density at radius 2 is 2.05 bits per heavy atom. The molecule has 0 amide bonds. The van der Waals surface area contributed by atoms with Crippen LogP contribution in [0.5, 0.6) is 23.1 Å². The molecular weight excluding hydrogens is 274 g/mol. The van der Waals surface area contributed by atoms with Crippen molar-refractivity contribution >= 4 is 5.97 Å². The molecule has 0 spiro atoms. The molecule has 0 aliphatic heterocycles. The van der Waals surface area contributed by atoms with Crippen molar-refractivity contribution in [2.45, 2.75) is 6.92 Å². The summed E-state index contributed by atoms with van der Waals surface area (Å²) in [7, 11) is 1.44. The highest BCUT2D eigenvalue weighted by atomic mass is 16.5. The van der Waals surface area contributed by atoms with E-state index in [2.05, 4.69) is 4.98 Å². The summed E-state index contributed by atoms with van der Waals surface area (Å²) in [6.45, 7) is 2.34. The first-order valence-corrected chi connectivity index (χ1v) is 6.32. The van der Waals surface area contributed by atoms with Gasteiger partial charge in [0.1, 0.15) is 0 Å². The van der Waals surface area contributed by atoms with E-state index in [0.29, 0.717) is 29.7 Å². The van der Waals surface area contributed by atoms with Crippen LogP contribution in [-0.4, -0.2) is 29.8 Å². The average Bonchev–Trinajstić information content (AvgIpc) is 2.49. The molecule has 2 rings (SSSR count). The third-order valence-electron chi connectivity index (χ3n) is 2.65. The van der Waals surface area contributed by atoms with E-state index in [9.17, 15) is 4.79 Å². The summed E-state index contributed by atoms with van der Waals surface area (Å²) in [5, 5.41) is 8.97. The Bertz CT molecular complexity index is 642. The van der Waals surface area contributed by atoms with Crippen molar-refractivity contribution in [1.82, 2.24) is 4.98 Å². The van der Waals surface area contributed by atoms with Crippen molar-refractivity contribution in [3.63, 3.8) is 0 Å². The van der Waals surface area contributed by atoms with Crippen LogP contribution in [0.25, 0.3) is 0 Å². The number of carbonyl (C=O) groups is 1. The van der Waals surface area contributed by atoms with Gasteiger partial charge in [0.15, 0.2) is 17.2 Å². The molecule has 0 atom stereocenters. The summed E-state index contributed by atoms with van der Waals surface area (Å²) in [5.74, 6) is 0.433. The summed E-state index contributed by atoms with van der Waals surface area (Å²) in [6.07, 6.45) is 1.58. The molecule has 0 bridgehead atoms. The number of ether oxygens (including phenoxy) is 3. The van der Waals surface area contributed by atoms with Crippen molar-refractivity contribution in [3.8, 4) is 23.1 Å². The van der Waals surface area contributed by atoms with Gasteiger partial charge in [0.05, 0.1) is 19.3 Å². The lowest BCUT2D eigenvalue weighted by Gasteiger charge is -2.12. The lowest BCUT2D eigenvalue weighted by Crippen LogP contribution is -2.00. The first-order valence-electron chi connectivity index (χ1n) is 6.32. The van der Waals surface area contributed by atoms with Gasteiger partial charge in [-0.2, -0.15) is 0 Å². The van der Waals surface area contributed by atoms with Crippen molar-refractivity contribution in [2.24, 2.45) is 0 Å². The predicted molar refractivity (Wildman–Crippen MR) is 75.4 cm³/mol. The minimum absolute atomic E-state index is 0.116. The van der Waals surface area contributed by atoms with Crippen molar-refractivity contribution < 1.29 is 24.1 Å². The molecule has 1 aromatic carbocycles. The van der Waals surface area contributed by atoms with Crippen molar-refractivity contribution in [3.05, 3.63) is 42.1 Å². The Labute approximate surface area is 121 Å². The smallest absolute Gasteiger partial charge is 0.335 e. The molecule has 0 aliphatic rings. The molecular formula is C15H15NO5. The van der Waals surface area contributed by atoms with E-state index in [1.165, 1.54) is 25.3 Å². The lowest BCUT2D eigenvalue weighted by molar-refractivity contribution is 0.0696. The molecule has 1 aromatic heterocycles. The van der Waals surface area contributed by atoms with Crippen LogP contribution in [-0.2, 0) is 0 Å². The van der Waals surface area contributed by atoms with E-state index in [4.69, 9.17) is 19.3 Å². The quantitative estimate of drug-likeness (QED) is 0.880. The number of hydrogen-bond donors (Lipinski definition) is 1. The fraction of sp³-hybridized carbons (Fsp3) is 0.200. The molecule has 21 heavy (non-hydrogen) atoms. The Kier molecular flexibility index (Phi) is 4.61. The van der Waals surface area contributed by atoms with Gasteiger partial charge >= 0.3 is 5.97 Å². The number of rotatable bonds is 6. The Morgan fingerprint density at radius 1 is 1.24 bits per heavy atom. The van der Waals surface area contributed by atoms with Crippen LogP contribution >= 0.6 is 0 Å². The maximum absolute atomic E-state index is 10.9. The maximum atomic E-state index is 10.9. The zero-order chi connectivity index (χ0) is 15.2. The molecule has 110 valence electrons. The third kappa shape index (κ3) is 3.42. The van der Waals surface area contributed by atoms with Gasteiger partial charge in [-0.25, -0.2) is 9.78 Å². The summed E-state index contributed by atoms with van der Waals surface area (Å²) in [6, 6.07) is 7.82. The van der Waals surface area contributed by atoms with Crippen LogP contribution in [0.1, 0.15) is 17.3 Å². The summed E-state index contributed by atoms with van der Waals surface area (Å²) in [4.78, 5) is 15.1. The second kappa shape index (κ2) is 6.60. The highest BCUT2D eigenvalue weighted by Crippen LogP contribution is 2.35. The summed E-state index contributed by atoms with van der Waals surface area (Å²) in [5.41, 5.74) is 0.116. The van der Waals surface area contributed by atoms with E-state index < -0.39 is 5.97 Å². The van der Waals surface area contributed by atoms with Crippen molar-refractivity contribution in [2.75, 3.05) is 13.7 Å². The van der Waals surface area contributed by atoms with Crippen LogP contribution in [0.3, 0.4) is 0 Å². The molecule has 0 aliphatic carbocycles. The Hall–Kier alpha value is -2.76. The van der Waals surface area contributed by atoms with Crippen LogP contribution in [0.15, 0.2) is 36.5 Å². The van der Waals surface area contributed by atoms with Gasteiger partial charge in [-0.3, -0.25) is 0 Å². The lowest BCUT2D eigenvalue weighted by atomic mass is 10.2. The number of nitrogens with zero attached hydrogens (tertiary/aromatic N) is 1. The average molecular weight is 289 g/mol. The molecule has 0 radical (unpaired) electrons. The molecule has 0 unspecified atom stereocenters. The highest BCUT2D eigenvalue weighted by molar-refractivity contribution is 5.88. The van der Waals surface area contributed by atoms with Gasteiger partial charge in [0.25, 0.3) is 5.88 Å². The molecule has 6 heteroatoms. The zero-order valence-corrected chi connectivity index (χ0v) is 11.7. The van der Waals surface area contributed by atoms with Gasteiger partial charge in [0, 0.05) is 6.20 Å². The monoisotopic (exact) mass is 289 g/mol. The SMILES string of the molecule is CCOc1cccnc1Oc1ccc(C(=O)O)cc1OC. The van der Waals surface area contributed by atoms with Gasteiger partial charge < -0.3 is 19.3 Å². The largest absolute Gasteiger partial charge is 0.493 e. The van der Waals surface area contributed by atoms with Crippen LogP contribution < -0.4 is 14.2 Å². The highest BCUT2D eigenvalue weighted by Gasteiger charge is 2.13. The standard InChI is InChI=1S/C15H15NO5/c1-3-20-12-5-4-8-16-14(12)21-11-7-6-10(15(17)18)9-13(11)19-2/h4-9H,3H2,1-2H3,(H,17,18). The molecule has 0 saturated carbocycles. The normalized spacial score (nSPS) is 10.0. The number of aromatic nitrogens is 1. The second-order valence-electron chi connectivity index (χ2n) is 4.01. The van der Waals surface area contributed by atoms with Gasteiger partial charge in [0.2, 0.25) is 0 Å². The summed E-state index contributed by atoms with van der Waals surface area (Å²) < 4.78 is 16.2. The Balaban J connectivity index is 2.33. The van der Waals surface area contributed by atoms with E-state index in [1.54, 1.807) is 18.3 Å². The minimum atomic E-state index is -1.03. The van der Waals surface area contributed by atoms with Crippen LogP contribution in [0.4, 0.5) is 0 Å². The third-order valence-corrected chi connectivity index (χ3v) is 2.65. The van der Waals surface area contributed by atoms with E-state index in [1.807, 2.05) is 6.92 Å². The number of carboxylic acid groups (broad SMARTS) is 1. The first-order chi connectivity index (χ1) is 10.2. The molecule has 2 aromatic rings. The fourth-order valence-electron chi connectivity index (χ4n) is 1.71. The molecule has 1 N–H and O–H groups in total. The Morgan fingerprint density at radius 3 is 2.71 bits per heavy atom. The molecule has 0 fully saturated rings. The molecule has 0 saturated heterocycles. The minimum Gasteiger partial charge on any atom is -0.493 e. The predicted octanol–water partition coefficient (Wildman–Crippen LogP) is 2.98. The number of benzene rings is 1. The molecule has 6 nitrogen and oxygen atoms in total. The number of aromatic carboxylic acids is 1. The van der Waals surface area contributed by atoms with Crippen LogP contribution in [0, 0.1) is 0 Å². The number of methoxy groups -OCH3 is 1. The first kappa shape index (κ1) is 14.6. The van der Waals surface area contributed by atoms with Gasteiger partial charge in [-0.05, 0) is 37.3 Å². The second-order valence-corrected chi connectivity index (χ2v) is 4.01. The number of hydrogen-bond acceptors (Lipinski definition) is 5. The zero-order valence-electron chi connectivity index (χ0n) is 11.7. The molecule has 1 heterocycles. The van der Waals surface area contributed by atoms with E-state index in [-0.39, 0.29) is 5.56 Å². The number of carboxylic acids is 1.